The maximum absolute atomic E-state index is 9.41. The molecule has 1 aliphatic rings. The Morgan fingerprint density at radius 1 is 1.29 bits per heavy atom. The highest BCUT2D eigenvalue weighted by molar-refractivity contribution is 6.31. The van der Waals surface area contributed by atoms with Gasteiger partial charge in [-0.2, -0.15) is 0 Å². The van der Waals surface area contributed by atoms with Crippen LogP contribution < -0.4 is 0 Å². The quantitative estimate of drug-likeness (QED) is 0.796. The van der Waals surface area contributed by atoms with Crippen molar-refractivity contribution < 1.29 is 5.11 Å². The van der Waals surface area contributed by atoms with Gasteiger partial charge in [0.25, 0.3) is 0 Å². The molecule has 2 unspecified atom stereocenters. The van der Waals surface area contributed by atoms with E-state index in [1.807, 2.05) is 18.2 Å². The summed E-state index contributed by atoms with van der Waals surface area (Å²) in [5.41, 5.74) is 1.22. The van der Waals surface area contributed by atoms with Crippen molar-refractivity contribution in [3.05, 3.63) is 34.9 Å². The molecule has 0 radical (unpaired) electrons. The van der Waals surface area contributed by atoms with E-state index in [2.05, 4.69) is 6.07 Å². The third-order valence-electron chi connectivity index (χ3n) is 2.98. The van der Waals surface area contributed by atoms with Crippen molar-refractivity contribution in [2.75, 3.05) is 0 Å². The van der Waals surface area contributed by atoms with Crippen molar-refractivity contribution in [3.8, 4) is 0 Å². The van der Waals surface area contributed by atoms with Crippen LogP contribution in [0.15, 0.2) is 24.3 Å². The molecule has 1 aliphatic carbocycles. The monoisotopic (exact) mass is 210 g/mol. The van der Waals surface area contributed by atoms with Gasteiger partial charge in [-0.05, 0) is 43.2 Å². The van der Waals surface area contributed by atoms with Crippen LogP contribution in [0, 0.1) is 5.92 Å². The van der Waals surface area contributed by atoms with Crippen LogP contribution in [0.5, 0.6) is 0 Å². The minimum atomic E-state index is -0.0810. The number of hydrogen-bond donors (Lipinski definition) is 1. The van der Waals surface area contributed by atoms with Gasteiger partial charge in [0.2, 0.25) is 0 Å². The van der Waals surface area contributed by atoms with Gasteiger partial charge in [0, 0.05) is 5.02 Å². The largest absolute Gasteiger partial charge is 0.393 e. The molecule has 2 rings (SSSR count). The summed E-state index contributed by atoms with van der Waals surface area (Å²) in [6, 6.07) is 7.98. The van der Waals surface area contributed by atoms with Crippen molar-refractivity contribution in [3.63, 3.8) is 0 Å². The van der Waals surface area contributed by atoms with Gasteiger partial charge in [-0.25, -0.2) is 0 Å². The van der Waals surface area contributed by atoms with E-state index in [0.717, 1.165) is 30.7 Å². The number of halogens is 1. The zero-order chi connectivity index (χ0) is 9.97. The van der Waals surface area contributed by atoms with E-state index in [4.69, 9.17) is 11.6 Å². The highest BCUT2D eigenvalue weighted by atomic mass is 35.5. The fraction of sp³-hybridized carbons (Fsp3) is 0.500. The molecule has 2 heteroatoms. The van der Waals surface area contributed by atoms with Crippen LogP contribution >= 0.6 is 11.6 Å². The predicted molar refractivity (Wildman–Crippen MR) is 58.5 cm³/mol. The van der Waals surface area contributed by atoms with Crippen LogP contribution in [0.1, 0.15) is 24.8 Å². The molecule has 1 nitrogen and oxygen atoms in total. The first-order chi connectivity index (χ1) is 6.75. The minimum Gasteiger partial charge on any atom is -0.393 e. The van der Waals surface area contributed by atoms with Gasteiger partial charge < -0.3 is 5.11 Å². The lowest BCUT2D eigenvalue weighted by molar-refractivity contribution is 0.177. The molecule has 1 N–H and O–H groups in total. The molecule has 0 aromatic heterocycles. The predicted octanol–water partition coefficient (Wildman–Crippen LogP) is 3.04. The molecule has 0 amide bonds. The Labute approximate surface area is 89.7 Å². The number of aliphatic hydroxyl groups is 1. The van der Waals surface area contributed by atoms with Crippen LogP contribution in [0.3, 0.4) is 0 Å². The van der Waals surface area contributed by atoms with E-state index in [0.29, 0.717) is 5.92 Å². The molecule has 1 fully saturated rings. The highest BCUT2D eigenvalue weighted by Gasteiger charge is 2.23. The zero-order valence-corrected chi connectivity index (χ0v) is 8.87. The summed E-state index contributed by atoms with van der Waals surface area (Å²) in [4.78, 5) is 0. The molecule has 2 atom stereocenters. The summed E-state index contributed by atoms with van der Waals surface area (Å²) in [7, 11) is 0. The molecule has 0 heterocycles. The maximum atomic E-state index is 9.41. The molecule has 0 saturated heterocycles. The fourth-order valence-corrected chi connectivity index (χ4v) is 2.42. The summed E-state index contributed by atoms with van der Waals surface area (Å²) in [5, 5.41) is 10.3. The van der Waals surface area contributed by atoms with Crippen molar-refractivity contribution in [2.24, 2.45) is 5.92 Å². The number of rotatable bonds is 2. The standard InChI is InChI=1S/C12H15ClO/c13-12-4-2-1-3-10(12)7-9-5-6-11(14)8-9/h1-4,9,11,14H,5-8H2. The van der Waals surface area contributed by atoms with E-state index < -0.39 is 0 Å². The third kappa shape index (κ3) is 2.28. The molecule has 0 spiro atoms. The van der Waals surface area contributed by atoms with E-state index >= 15 is 0 Å². The maximum Gasteiger partial charge on any atom is 0.0543 e. The molecule has 0 aliphatic heterocycles. The Bertz CT molecular complexity index is 311. The first-order valence-corrected chi connectivity index (χ1v) is 5.55. The SMILES string of the molecule is OC1CCC(Cc2ccccc2Cl)C1. The lowest BCUT2D eigenvalue weighted by Crippen LogP contribution is -2.03. The molecule has 0 bridgehead atoms. The van der Waals surface area contributed by atoms with E-state index in [-0.39, 0.29) is 6.10 Å². The van der Waals surface area contributed by atoms with Gasteiger partial charge in [0.05, 0.1) is 6.10 Å². The van der Waals surface area contributed by atoms with Crippen LogP contribution in [-0.2, 0) is 6.42 Å². The fourth-order valence-electron chi connectivity index (χ4n) is 2.21. The third-order valence-corrected chi connectivity index (χ3v) is 3.35. The van der Waals surface area contributed by atoms with Gasteiger partial charge in [0.15, 0.2) is 0 Å². The molecular weight excluding hydrogens is 196 g/mol. The van der Waals surface area contributed by atoms with Crippen molar-refractivity contribution in [2.45, 2.75) is 31.8 Å². The number of hydrogen-bond acceptors (Lipinski definition) is 1. The second kappa shape index (κ2) is 4.33. The number of aliphatic hydroxyl groups excluding tert-OH is 1. The summed E-state index contributed by atoms with van der Waals surface area (Å²) < 4.78 is 0. The molecular formula is C12H15ClO. The molecule has 1 saturated carbocycles. The minimum absolute atomic E-state index is 0.0810. The average Bonchev–Trinajstić information content (AvgIpc) is 2.56. The highest BCUT2D eigenvalue weighted by Crippen LogP contribution is 2.30. The van der Waals surface area contributed by atoms with Gasteiger partial charge in [-0.15, -0.1) is 0 Å². The van der Waals surface area contributed by atoms with Gasteiger partial charge in [0.1, 0.15) is 0 Å². The first-order valence-electron chi connectivity index (χ1n) is 5.17. The van der Waals surface area contributed by atoms with E-state index in [1.54, 1.807) is 0 Å². The van der Waals surface area contributed by atoms with Crippen molar-refractivity contribution >= 4 is 11.6 Å². The average molecular weight is 211 g/mol. The Morgan fingerprint density at radius 3 is 2.71 bits per heavy atom. The van der Waals surface area contributed by atoms with Crippen molar-refractivity contribution in [1.82, 2.24) is 0 Å². The normalized spacial score (nSPS) is 26.7. The smallest absolute Gasteiger partial charge is 0.0543 e. The van der Waals surface area contributed by atoms with Crippen LogP contribution in [0.4, 0.5) is 0 Å². The van der Waals surface area contributed by atoms with Crippen LogP contribution in [-0.4, -0.2) is 11.2 Å². The Hall–Kier alpha value is -0.530. The number of benzene rings is 1. The Balaban J connectivity index is 2.01. The molecule has 76 valence electrons. The summed E-state index contributed by atoms with van der Waals surface area (Å²) in [6.45, 7) is 0. The van der Waals surface area contributed by atoms with Crippen molar-refractivity contribution in [1.29, 1.82) is 0 Å². The topological polar surface area (TPSA) is 20.2 Å². The lowest BCUT2D eigenvalue weighted by Gasteiger charge is -2.10. The zero-order valence-electron chi connectivity index (χ0n) is 8.12. The summed E-state index contributed by atoms with van der Waals surface area (Å²) in [6.07, 6.45) is 3.95. The Morgan fingerprint density at radius 2 is 2.07 bits per heavy atom. The van der Waals surface area contributed by atoms with Gasteiger partial charge in [-0.3, -0.25) is 0 Å². The first kappa shape index (κ1) is 10.0. The molecule has 1 aromatic carbocycles. The molecule has 1 aromatic rings. The summed E-state index contributed by atoms with van der Waals surface area (Å²) >= 11 is 6.08. The van der Waals surface area contributed by atoms with Gasteiger partial charge in [-0.1, -0.05) is 29.8 Å². The van der Waals surface area contributed by atoms with E-state index in [1.165, 1.54) is 5.56 Å². The second-order valence-electron chi connectivity index (χ2n) is 4.13. The lowest BCUT2D eigenvalue weighted by atomic mass is 9.98. The second-order valence-corrected chi connectivity index (χ2v) is 4.54. The van der Waals surface area contributed by atoms with Crippen LogP contribution in [0.2, 0.25) is 5.02 Å². The van der Waals surface area contributed by atoms with E-state index in [9.17, 15) is 5.11 Å². The molecule has 14 heavy (non-hydrogen) atoms. The Kier molecular flexibility index (Phi) is 3.09. The van der Waals surface area contributed by atoms with Gasteiger partial charge >= 0.3 is 0 Å². The van der Waals surface area contributed by atoms with Crippen LogP contribution in [0.25, 0.3) is 0 Å². The summed E-state index contributed by atoms with van der Waals surface area (Å²) in [5.74, 6) is 0.616.